The summed E-state index contributed by atoms with van der Waals surface area (Å²) in [4.78, 5) is 0. The van der Waals surface area contributed by atoms with Crippen molar-refractivity contribution in [1.82, 2.24) is 0 Å². The van der Waals surface area contributed by atoms with E-state index in [2.05, 4.69) is 0 Å². The van der Waals surface area contributed by atoms with Crippen molar-refractivity contribution >= 4 is 0 Å². The summed E-state index contributed by atoms with van der Waals surface area (Å²) in [5.74, 6) is 0. The van der Waals surface area contributed by atoms with Crippen molar-refractivity contribution in [2.75, 3.05) is 0 Å². The highest BCUT2D eigenvalue weighted by Gasteiger charge is 2.14. The topological polar surface area (TPSA) is 3.88 Å². The predicted molar refractivity (Wildman–Crippen MR) is 67.3 cm³/mol. The number of nitrogens with zero attached hydrogens (tertiary/aromatic N) is 1. The number of benzene rings is 1. The van der Waals surface area contributed by atoms with E-state index in [1.807, 2.05) is 6.92 Å². The highest BCUT2D eigenvalue weighted by Crippen LogP contribution is 2.23. The minimum atomic E-state index is -2.27. The van der Waals surface area contributed by atoms with Crippen LogP contribution < -0.4 is 4.57 Å². The van der Waals surface area contributed by atoms with Crippen LogP contribution in [0, 0.1) is 20.6 Å². The Morgan fingerprint density at radius 3 is 2.75 bits per heavy atom. The summed E-state index contributed by atoms with van der Waals surface area (Å²) in [5, 5.41) is 0. The Labute approximate surface area is 106 Å². The van der Waals surface area contributed by atoms with Gasteiger partial charge in [-0.05, 0) is 38.3 Å². The Bertz CT molecular complexity index is 700. The van der Waals surface area contributed by atoms with Crippen molar-refractivity contribution in [1.29, 1.82) is 0 Å². The van der Waals surface area contributed by atoms with Crippen LogP contribution in [0.25, 0.3) is 11.3 Å². The van der Waals surface area contributed by atoms with Gasteiger partial charge in [-0.3, -0.25) is 0 Å². The average Bonchev–Trinajstić information content (AvgIpc) is 2.37. The van der Waals surface area contributed by atoms with Gasteiger partial charge in [-0.25, -0.2) is 4.57 Å². The van der Waals surface area contributed by atoms with E-state index in [1.165, 1.54) is 0 Å². The molecule has 1 aromatic heterocycles. The van der Waals surface area contributed by atoms with E-state index in [0.29, 0.717) is 11.3 Å². The molecule has 0 unspecified atom stereocenters. The normalized spacial score (nSPS) is 17.6. The largest absolute Gasteiger partial charge is 0.215 e. The molecule has 1 nitrogen and oxygen atoms in total. The molecule has 1 heteroatoms. The molecule has 0 aliphatic heterocycles. The van der Waals surface area contributed by atoms with Gasteiger partial charge in [0.05, 0.1) is 0 Å². The zero-order valence-electron chi connectivity index (χ0n) is 15.4. The number of aryl methyl sites for hydroxylation is 4. The monoisotopic (exact) mass is 218 g/mol. The number of aromatic nitrogens is 1. The van der Waals surface area contributed by atoms with Gasteiger partial charge < -0.3 is 0 Å². The van der Waals surface area contributed by atoms with Crippen LogP contribution >= 0.6 is 0 Å². The maximum atomic E-state index is 7.72. The molecule has 0 atom stereocenters. The maximum Gasteiger partial charge on any atom is 0.215 e. The third-order valence-corrected chi connectivity index (χ3v) is 2.67. The van der Waals surface area contributed by atoms with Crippen molar-refractivity contribution < 1.29 is 12.8 Å². The van der Waals surface area contributed by atoms with E-state index in [-0.39, 0.29) is 11.1 Å². The summed E-state index contributed by atoms with van der Waals surface area (Å²) in [6.07, 6.45) is 1.76. The molecule has 1 heterocycles. The summed E-state index contributed by atoms with van der Waals surface area (Å²) < 4.78 is 47.5. The first-order chi connectivity index (χ1) is 10.0. The molecule has 2 rings (SSSR count). The van der Waals surface area contributed by atoms with Gasteiger partial charge in [-0.15, -0.1) is 0 Å². The van der Waals surface area contributed by atoms with Crippen LogP contribution in [0.3, 0.4) is 0 Å². The second-order valence-corrected chi connectivity index (χ2v) is 3.91. The Kier molecular flexibility index (Phi) is 1.44. The minimum Gasteiger partial charge on any atom is -0.201 e. The maximum absolute atomic E-state index is 7.72. The molecule has 82 valence electrons. The summed E-state index contributed by atoms with van der Waals surface area (Å²) in [6, 6.07) is 8.07. The molecule has 0 saturated heterocycles. The van der Waals surface area contributed by atoms with Crippen LogP contribution in [0.5, 0.6) is 0 Å². The summed E-state index contributed by atoms with van der Waals surface area (Å²) in [6.45, 7) is -2.65. The lowest BCUT2D eigenvalue weighted by Crippen LogP contribution is -2.31. The highest BCUT2D eigenvalue weighted by molar-refractivity contribution is 5.64. The van der Waals surface area contributed by atoms with Crippen LogP contribution in [-0.4, -0.2) is 0 Å². The summed E-state index contributed by atoms with van der Waals surface area (Å²) in [7, 11) is 1.76. The van der Waals surface area contributed by atoms with Crippen molar-refractivity contribution in [3.63, 3.8) is 0 Å². The fourth-order valence-electron chi connectivity index (χ4n) is 1.82. The van der Waals surface area contributed by atoms with Crippen molar-refractivity contribution in [2.45, 2.75) is 20.6 Å². The number of pyridine rings is 1. The predicted octanol–water partition coefficient (Wildman–Crippen LogP) is 3.10. The molecule has 0 spiro atoms. The van der Waals surface area contributed by atoms with Crippen LogP contribution in [0.2, 0.25) is 0 Å². The van der Waals surface area contributed by atoms with Crippen molar-refractivity contribution in [3.05, 3.63) is 53.2 Å². The van der Waals surface area contributed by atoms with Crippen LogP contribution in [0.4, 0.5) is 0 Å². The third kappa shape index (κ3) is 1.85. The second-order valence-electron chi connectivity index (χ2n) is 3.91. The Balaban J connectivity index is 2.77. The molecule has 0 radical (unpaired) electrons. The molecule has 0 aliphatic carbocycles. The summed E-state index contributed by atoms with van der Waals surface area (Å²) in [5.41, 5.74) is 2.39. The Morgan fingerprint density at radius 2 is 2.00 bits per heavy atom. The molecular weight excluding hydrogens is 194 g/mol. The number of rotatable bonds is 1. The molecule has 0 saturated carbocycles. The Hall–Kier alpha value is -1.63. The lowest BCUT2D eigenvalue weighted by Gasteiger charge is -2.07. The standard InChI is InChI=1S/C15H18N/c1-11-7-8-12(2)14(10-11)15-13(3)6-5-9-16(15)4/h5-10H,1-4H3/q+1/i1D3,3D3. The average molecular weight is 218 g/mol. The van der Waals surface area contributed by atoms with E-state index in [1.54, 1.807) is 48.1 Å². The van der Waals surface area contributed by atoms with Crippen molar-refractivity contribution in [3.8, 4) is 11.3 Å². The van der Waals surface area contributed by atoms with Gasteiger partial charge in [0.25, 0.3) is 0 Å². The zero-order chi connectivity index (χ0) is 16.7. The van der Waals surface area contributed by atoms with E-state index >= 15 is 0 Å². The van der Waals surface area contributed by atoms with Gasteiger partial charge >= 0.3 is 0 Å². The van der Waals surface area contributed by atoms with Gasteiger partial charge in [0.1, 0.15) is 7.05 Å². The quantitative estimate of drug-likeness (QED) is 0.648. The first-order valence-electron chi connectivity index (χ1n) is 8.12. The zero-order valence-corrected chi connectivity index (χ0v) is 9.41. The minimum absolute atomic E-state index is 0.202. The molecule has 2 aromatic rings. The van der Waals surface area contributed by atoms with Crippen LogP contribution in [-0.2, 0) is 7.05 Å². The smallest absolute Gasteiger partial charge is 0.201 e. The molecular formula is C15H18N+. The van der Waals surface area contributed by atoms with Crippen LogP contribution in [0.1, 0.15) is 24.9 Å². The highest BCUT2D eigenvalue weighted by atomic mass is 14.9. The van der Waals surface area contributed by atoms with E-state index in [9.17, 15) is 0 Å². The molecule has 0 fully saturated rings. The fourth-order valence-corrected chi connectivity index (χ4v) is 1.82. The molecule has 0 bridgehead atoms. The second kappa shape index (κ2) is 4.09. The van der Waals surface area contributed by atoms with Crippen molar-refractivity contribution in [2.24, 2.45) is 7.05 Å². The molecule has 0 N–H and O–H groups in total. The first kappa shape index (κ1) is 5.62. The first-order valence-corrected chi connectivity index (χ1v) is 5.12. The van der Waals surface area contributed by atoms with E-state index in [0.717, 1.165) is 5.56 Å². The molecule has 0 aliphatic rings. The van der Waals surface area contributed by atoms with E-state index in [4.69, 9.17) is 8.22 Å². The SMILES string of the molecule is [2H]C([2H])([2H])c1ccc(C)c(-c2c(C([2H])([2H])[2H])ccc[n+]2C)c1. The molecule has 1 aromatic carbocycles. The molecule has 16 heavy (non-hydrogen) atoms. The van der Waals surface area contributed by atoms with E-state index < -0.39 is 13.7 Å². The fraction of sp³-hybridized carbons (Fsp3) is 0.267. The van der Waals surface area contributed by atoms with Gasteiger partial charge in [-0.2, -0.15) is 0 Å². The summed E-state index contributed by atoms with van der Waals surface area (Å²) >= 11 is 0. The lowest BCUT2D eigenvalue weighted by molar-refractivity contribution is -0.660. The van der Waals surface area contributed by atoms with Gasteiger partial charge in [0.15, 0.2) is 6.20 Å². The van der Waals surface area contributed by atoms with Gasteiger partial charge in [-0.1, -0.05) is 17.7 Å². The number of hydrogen-bond acceptors (Lipinski definition) is 0. The van der Waals surface area contributed by atoms with Crippen LogP contribution in [0.15, 0.2) is 36.5 Å². The van der Waals surface area contributed by atoms with Gasteiger partial charge in [0.2, 0.25) is 5.69 Å². The Morgan fingerprint density at radius 1 is 1.12 bits per heavy atom. The third-order valence-electron chi connectivity index (χ3n) is 2.67. The number of hydrogen-bond donors (Lipinski definition) is 0. The van der Waals surface area contributed by atoms with Gasteiger partial charge in [0, 0.05) is 25.4 Å². The molecule has 0 amide bonds. The lowest BCUT2D eigenvalue weighted by atomic mass is 9.99.